The van der Waals surface area contributed by atoms with Gasteiger partial charge >= 0.3 is 0 Å². The predicted molar refractivity (Wildman–Crippen MR) is 233 cm³/mol. The molecule has 4 heterocycles. The van der Waals surface area contributed by atoms with Gasteiger partial charge in [-0.1, -0.05) is 56.7 Å². The van der Waals surface area contributed by atoms with E-state index in [1.165, 1.54) is 12.8 Å². The Kier molecular flexibility index (Phi) is 13.7. The molecule has 2 aromatic carbocycles. The van der Waals surface area contributed by atoms with Gasteiger partial charge in [0.15, 0.2) is 0 Å². The van der Waals surface area contributed by atoms with Crippen LogP contribution in [0.2, 0.25) is 0 Å². The molecule has 4 aromatic rings. The summed E-state index contributed by atoms with van der Waals surface area (Å²) in [6.45, 7) is 5.57. The third kappa shape index (κ3) is 9.98. The largest absolute Gasteiger partial charge is 0.342 e. The van der Waals surface area contributed by atoms with E-state index in [1.807, 2.05) is 39.8 Å². The fourth-order valence-corrected chi connectivity index (χ4v) is 10.6. The molecular formula is C47H64F4N8O2. The van der Waals surface area contributed by atoms with E-state index in [1.54, 1.807) is 0 Å². The van der Waals surface area contributed by atoms with Crippen LogP contribution in [0.5, 0.6) is 0 Å². The average Bonchev–Trinajstić information content (AvgIpc) is 3.84. The van der Waals surface area contributed by atoms with E-state index >= 15 is 0 Å². The lowest BCUT2D eigenvalue weighted by Crippen LogP contribution is -2.43. The summed E-state index contributed by atoms with van der Waals surface area (Å²) in [6, 6.07) is 14.5. The van der Waals surface area contributed by atoms with Crippen molar-refractivity contribution in [3.63, 3.8) is 0 Å². The number of benzene rings is 2. The number of rotatable bonds is 15. The van der Waals surface area contributed by atoms with Crippen LogP contribution in [0.25, 0.3) is 22.1 Å². The highest BCUT2D eigenvalue weighted by Gasteiger charge is 2.36. The van der Waals surface area contributed by atoms with Crippen LogP contribution in [0.4, 0.5) is 29.5 Å². The number of nitrogens with zero attached hydrogens (tertiary/aromatic N) is 8. The molecule has 0 spiro atoms. The molecule has 4 fully saturated rings. The van der Waals surface area contributed by atoms with Crippen LogP contribution in [0.15, 0.2) is 42.5 Å². The van der Waals surface area contributed by atoms with Crippen molar-refractivity contribution in [3.8, 4) is 0 Å². The van der Waals surface area contributed by atoms with Gasteiger partial charge in [-0.2, -0.15) is 0 Å². The number of carbonyl (C=O) groups is 2. The molecule has 2 aliphatic heterocycles. The fourth-order valence-electron chi connectivity index (χ4n) is 10.6. The Hall–Kier alpha value is -4.36. The van der Waals surface area contributed by atoms with Gasteiger partial charge < -0.3 is 28.7 Å². The Morgan fingerprint density at radius 3 is 1.85 bits per heavy atom. The molecule has 2 amide bonds. The molecule has 0 bridgehead atoms. The van der Waals surface area contributed by atoms with Crippen molar-refractivity contribution in [3.05, 3.63) is 48.0 Å². The zero-order valence-corrected chi connectivity index (χ0v) is 35.9. The van der Waals surface area contributed by atoms with Crippen molar-refractivity contribution in [2.75, 3.05) is 49.1 Å². The second-order valence-corrected chi connectivity index (χ2v) is 18.0. The molecule has 2 saturated heterocycles. The number of piperidine rings is 2. The summed E-state index contributed by atoms with van der Waals surface area (Å²) in [5.41, 5.74) is 4.48. The lowest BCUT2D eigenvalue weighted by molar-refractivity contribution is -0.135. The van der Waals surface area contributed by atoms with Crippen LogP contribution in [0.1, 0.15) is 115 Å². The third-order valence-electron chi connectivity index (χ3n) is 14.1. The summed E-state index contributed by atoms with van der Waals surface area (Å²) in [4.78, 5) is 46.3. The van der Waals surface area contributed by atoms with Crippen molar-refractivity contribution in [1.29, 1.82) is 0 Å². The van der Waals surface area contributed by atoms with E-state index in [-0.39, 0.29) is 56.3 Å². The summed E-state index contributed by atoms with van der Waals surface area (Å²) in [5.74, 6) is -1.68. The van der Waals surface area contributed by atoms with Gasteiger partial charge in [-0.3, -0.25) is 9.59 Å². The number of carbonyl (C=O) groups excluding carboxylic acids is 2. The van der Waals surface area contributed by atoms with Crippen LogP contribution in [-0.4, -0.2) is 104 Å². The molecular weight excluding hydrogens is 785 g/mol. The summed E-state index contributed by atoms with van der Waals surface area (Å²) in [5, 5.41) is 0. The molecule has 0 radical (unpaired) electrons. The Morgan fingerprint density at radius 2 is 1.25 bits per heavy atom. The molecule has 332 valence electrons. The number of imidazole rings is 2. The zero-order chi connectivity index (χ0) is 42.5. The lowest BCUT2D eigenvalue weighted by Gasteiger charge is -2.35. The summed E-state index contributed by atoms with van der Waals surface area (Å²) < 4.78 is 59.8. The Morgan fingerprint density at radius 1 is 0.705 bits per heavy atom. The normalized spacial score (nSPS) is 19.6. The van der Waals surface area contributed by atoms with Crippen LogP contribution >= 0.6 is 0 Å². The lowest BCUT2D eigenvalue weighted by atomic mass is 9.93. The standard InChI is InChI=1S/C47H64F4N8O2/c1-2-56(36-11-5-3-6-12-36)42(60)22-30-59-41-33-34(17-18-39(41)53-45(59)54-26-20-35(21-27-54)44(48)49)19-28-57(37-13-7-4-8-14-37)43(61)23-29-58-40-16-10-9-15-38(40)52-46(58)55-31-24-47(50,51)25-32-55/h9-10,15-18,33,35-37,44H,2-8,11-14,19-32H2,1H3. The number of fused-ring (bicyclic) bond motifs is 2. The van der Waals surface area contributed by atoms with Crippen LogP contribution in [0.3, 0.4) is 0 Å². The molecule has 2 aromatic heterocycles. The number of aromatic nitrogens is 4. The van der Waals surface area contributed by atoms with Gasteiger partial charge in [-0.15, -0.1) is 0 Å². The molecule has 10 nitrogen and oxygen atoms in total. The Balaban J connectivity index is 1.01. The van der Waals surface area contributed by atoms with E-state index in [0.29, 0.717) is 70.9 Å². The van der Waals surface area contributed by atoms with Gasteiger partial charge in [-0.25, -0.2) is 27.5 Å². The van der Waals surface area contributed by atoms with E-state index in [2.05, 4.69) is 38.3 Å². The Bertz CT molecular complexity index is 2090. The quantitative estimate of drug-likeness (QED) is 0.111. The number of amides is 2. The Labute approximate surface area is 357 Å². The SMILES string of the molecule is CCN(C(=O)CCn1c(N2CCC(C(F)F)CC2)nc2ccc(CCN(C(=O)CCn3c(N4CCC(F)(F)CC4)nc4ccccc43)C3CCCCC3)cc21)C1CCCCC1. The minimum Gasteiger partial charge on any atom is -0.342 e. The summed E-state index contributed by atoms with van der Waals surface area (Å²) in [7, 11) is 0. The summed E-state index contributed by atoms with van der Waals surface area (Å²) >= 11 is 0. The fraction of sp³-hybridized carbons (Fsp3) is 0.660. The molecule has 4 aliphatic rings. The predicted octanol–water partition coefficient (Wildman–Crippen LogP) is 9.47. The molecule has 14 heteroatoms. The highest BCUT2D eigenvalue weighted by Crippen LogP contribution is 2.34. The minimum absolute atomic E-state index is 0.0818. The average molecular weight is 849 g/mol. The number of hydrogen-bond donors (Lipinski definition) is 0. The van der Waals surface area contributed by atoms with Crippen LogP contribution in [0, 0.1) is 5.92 Å². The number of hydrogen-bond acceptors (Lipinski definition) is 6. The van der Waals surface area contributed by atoms with E-state index in [4.69, 9.17) is 9.97 Å². The van der Waals surface area contributed by atoms with E-state index < -0.39 is 18.3 Å². The number of halogens is 4. The number of alkyl halides is 4. The highest BCUT2D eigenvalue weighted by molar-refractivity contribution is 5.82. The molecule has 2 aliphatic carbocycles. The number of anilines is 2. The highest BCUT2D eigenvalue weighted by atomic mass is 19.3. The second kappa shape index (κ2) is 19.4. The first-order valence-corrected chi connectivity index (χ1v) is 23.3. The van der Waals surface area contributed by atoms with E-state index in [0.717, 1.165) is 84.9 Å². The van der Waals surface area contributed by atoms with Gasteiger partial charge in [0.2, 0.25) is 30.1 Å². The first kappa shape index (κ1) is 43.3. The van der Waals surface area contributed by atoms with Gasteiger partial charge in [0, 0.05) is 96.0 Å². The van der Waals surface area contributed by atoms with Crippen molar-refractivity contribution < 1.29 is 27.2 Å². The van der Waals surface area contributed by atoms with Crippen molar-refractivity contribution in [2.24, 2.45) is 5.92 Å². The summed E-state index contributed by atoms with van der Waals surface area (Å²) in [6.07, 6.45) is 10.2. The van der Waals surface area contributed by atoms with Crippen molar-refractivity contribution >= 4 is 45.8 Å². The molecule has 61 heavy (non-hydrogen) atoms. The van der Waals surface area contributed by atoms with Crippen LogP contribution in [-0.2, 0) is 29.1 Å². The van der Waals surface area contributed by atoms with E-state index in [9.17, 15) is 27.2 Å². The van der Waals surface area contributed by atoms with Gasteiger partial charge in [0.1, 0.15) is 0 Å². The third-order valence-corrected chi connectivity index (χ3v) is 14.1. The van der Waals surface area contributed by atoms with Gasteiger partial charge in [-0.05, 0) is 81.7 Å². The van der Waals surface area contributed by atoms with Crippen molar-refractivity contribution in [2.45, 2.75) is 154 Å². The zero-order valence-electron chi connectivity index (χ0n) is 35.9. The second-order valence-electron chi connectivity index (χ2n) is 18.0. The van der Waals surface area contributed by atoms with Crippen LogP contribution < -0.4 is 9.80 Å². The van der Waals surface area contributed by atoms with Crippen molar-refractivity contribution in [1.82, 2.24) is 28.9 Å². The monoisotopic (exact) mass is 849 g/mol. The number of para-hydroxylation sites is 2. The molecule has 0 atom stereocenters. The maximum absolute atomic E-state index is 14.4. The maximum Gasteiger partial charge on any atom is 0.251 e. The molecule has 8 rings (SSSR count). The minimum atomic E-state index is -2.67. The first-order chi connectivity index (χ1) is 29.6. The first-order valence-electron chi connectivity index (χ1n) is 23.3. The maximum atomic E-state index is 14.4. The molecule has 2 saturated carbocycles. The smallest absolute Gasteiger partial charge is 0.251 e. The van der Waals surface area contributed by atoms with Gasteiger partial charge in [0.05, 0.1) is 22.1 Å². The topological polar surface area (TPSA) is 82.7 Å². The number of aryl methyl sites for hydroxylation is 2. The molecule has 0 N–H and O–H groups in total. The van der Waals surface area contributed by atoms with Gasteiger partial charge in [0.25, 0.3) is 5.92 Å². The molecule has 0 unspecified atom stereocenters.